The number of aryl methyl sites for hydroxylation is 2. The Hall–Kier alpha value is -2.29. The molecule has 1 atom stereocenters. The van der Waals surface area contributed by atoms with Gasteiger partial charge in [0.15, 0.2) is 0 Å². The standard InChI is InChI=1S/C18H21NO2/c1-13-9-10-14(2)17(11-13)18(20)19-15(3)12-21-16-7-5-4-6-8-16/h4-11,15H,12H2,1-3H3,(H,19,20)/t15-/m1/s1. The number of carbonyl (C=O) groups excluding carboxylic acids is 1. The number of ether oxygens (including phenoxy) is 1. The van der Waals surface area contributed by atoms with Gasteiger partial charge in [0.1, 0.15) is 12.4 Å². The maximum absolute atomic E-state index is 12.3. The van der Waals surface area contributed by atoms with Crippen molar-refractivity contribution in [2.45, 2.75) is 26.8 Å². The summed E-state index contributed by atoms with van der Waals surface area (Å²) in [6.45, 7) is 6.31. The molecule has 0 bridgehead atoms. The maximum atomic E-state index is 12.3. The van der Waals surface area contributed by atoms with E-state index in [9.17, 15) is 4.79 Å². The molecule has 110 valence electrons. The Kier molecular flexibility index (Phi) is 4.99. The smallest absolute Gasteiger partial charge is 0.251 e. The highest BCUT2D eigenvalue weighted by Crippen LogP contribution is 2.11. The lowest BCUT2D eigenvalue weighted by molar-refractivity contribution is 0.0926. The summed E-state index contributed by atoms with van der Waals surface area (Å²) >= 11 is 0. The minimum Gasteiger partial charge on any atom is -0.491 e. The van der Waals surface area contributed by atoms with E-state index in [1.165, 1.54) is 0 Å². The molecule has 0 heterocycles. The minimum atomic E-state index is -0.0578. The van der Waals surface area contributed by atoms with Crippen molar-refractivity contribution in [3.05, 3.63) is 65.2 Å². The van der Waals surface area contributed by atoms with Gasteiger partial charge in [0.05, 0.1) is 6.04 Å². The fraction of sp³-hybridized carbons (Fsp3) is 0.278. The molecule has 0 radical (unpaired) electrons. The molecule has 3 nitrogen and oxygen atoms in total. The van der Waals surface area contributed by atoms with Crippen LogP contribution in [0.1, 0.15) is 28.4 Å². The van der Waals surface area contributed by atoms with Crippen LogP contribution in [0.5, 0.6) is 5.75 Å². The zero-order valence-electron chi connectivity index (χ0n) is 12.7. The van der Waals surface area contributed by atoms with Crippen molar-refractivity contribution in [1.29, 1.82) is 0 Å². The number of carbonyl (C=O) groups is 1. The predicted octanol–water partition coefficient (Wildman–Crippen LogP) is 3.50. The van der Waals surface area contributed by atoms with Crippen LogP contribution in [0.25, 0.3) is 0 Å². The summed E-state index contributed by atoms with van der Waals surface area (Å²) in [7, 11) is 0. The third-order valence-corrected chi connectivity index (χ3v) is 3.26. The van der Waals surface area contributed by atoms with Gasteiger partial charge in [-0.05, 0) is 44.5 Å². The first-order valence-electron chi connectivity index (χ1n) is 7.12. The lowest BCUT2D eigenvalue weighted by Crippen LogP contribution is -2.37. The average Bonchev–Trinajstić information content (AvgIpc) is 2.48. The second kappa shape index (κ2) is 6.93. The number of hydrogen-bond acceptors (Lipinski definition) is 2. The minimum absolute atomic E-state index is 0.0552. The number of nitrogens with one attached hydrogen (secondary N) is 1. The van der Waals surface area contributed by atoms with Crippen LogP contribution < -0.4 is 10.1 Å². The lowest BCUT2D eigenvalue weighted by Gasteiger charge is -2.16. The zero-order valence-corrected chi connectivity index (χ0v) is 12.7. The predicted molar refractivity (Wildman–Crippen MR) is 84.8 cm³/mol. The van der Waals surface area contributed by atoms with Crippen LogP contribution in [-0.2, 0) is 0 Å². The molecule has 0 aliphatic rings. The van der Waals surface area contributed by atoms with Crippen LogP contribution in [0, 0.1) is 13.8 Å². The van der Waals surface area contributed by atoms with Crippen LogP contribution in [0.3, 0.4) is 0 Å². The van der Waals surface area contributed by atoms with Crippen LogP contribution in [-0.4, -0.2) is 18.6 Å². The first-order valence-corrected chi connectivity index (χ1v) is 7.12. The Morgan fingerprint density at radius 2 is 1.86 bits per heavy atom. The molecule has 1 amide bonds. The van der Waals surface area contributed by atoms with E-state index in [-0.39, 0.29) is 11.9 Å². The molecule has 0 aliphatic carbocycles. The van der Waals surface area contributed by atoms with Crippen LogP contribution in [0.4, 0.5) is 0 Å². The summed E-state index contributed by atoms with van der Waals surface area (Å²) < 4.78 is 5.64. The van der Waals surface area contributed by atoms with Gasteiger partial charge in [0.2, 0.25) is 0 Å². The normalized spacial score (nSPS) is 11.8. The molecule has 0 fully saturated rings. The topological polar surface area (TPSA) is 38.3 Å². The van der Waals surface area contributed by atoms with Crippen molar-refractivity contribution in [2.24, 2.45) is 0 Å². The molecule has 0 aromatic heterocycles. The summed E-state index contributed by atoms with van der Waals surface area (Å²) in [5.41, 5.74) is 2.79. The number of rotatable bonds is 5. The van der Waals surface area contributed by atoms with Crippen molar-refractivity contribution in [3.8, 4) is 5.75 Å². The fourth-order valence-corrected chi connectivity index (χ4v) is 2.06. The molecule has 0 spiro atoms. The van der Waals surface area contributed by atoms with E-state index in [0.717, 1.165) is 22.4 Å². The molecule has 2 aromatic carbocycles. The van der Waals surface area contributed by atoms with Gasteiger partial charge in [-0.25, -0.2) is 0 Å². The Labute approximate surface area is 126 Å². The first-order chi connectivity index (χ1) is 10.1. The van der Waals surface area contributed by atoms with E-state index in [2.05, 4.69) is 5.32 Å². The molecule has 0 saturated heterocycles. The summed E-state index contributed by atoms with van der Waals surface area (Å²) in [5.74, 6) is 0.755. The van der Waals surface area contributed by atoms with Gasteiger partial charge in [-0.15, -0.1) is 0 Å². The second-order valence-electron chi connectivity index (χ2n) is 5.32. The third-order valence-electron chi connectivity index (χ3n) is 3.26. The summed E-state index contributed by atoms with van der Waals surface area (Å²) in [6, 6.07) is 15.4. The van der Waals surface area contributed by atoms with Crippen molar-refractivity contribution in [1.82, 2.24) is 5.32 Å². The third kappa shape index (κ3) is 4.35. The lowest BCUT2D eigenvalue weighted by atomic mass is 10.0. The van der Waals surface area contributed by atoms with Gasteiger partial charge in [-0.2, -0.15) is 0 Å². The Morgan fingerprint density at radius 3 is 2.57 bits per heavy atom. The van der Waals surface area contributed by atoms with E-state index in [0.29, 0.717) is 6.61 Å². The largest absolute Gasteiger partial charge is 0.491 e. The van der Waals surface area contributed by atoms with Crippen LogP contribution in [0.2, 0.25) is 0 Å². The number of amides is 1. The molecule has 2 rings (SSSR count). The van der Waals surface area contributed by atoms with Crippen LogP contribution >= 0.6 is 0 Å². The van der Waals surface area contributed by atoms with Gasteiger partial charge in [0.25, 0.3) is 5.91 Å². The first kappa shape index (κ1) is 15.1. The summed E-state index contributed by atoms with van der Waals surface area (Å²) in [6.07, 6.45) is 0. The SMILES string of the molecule is Cc1ccc(C)c(C(=O)N[C@H](C)COc2ccccc2)c1. The number of para-hydroxylation sites is 1. The Balaban J connectivity index is 1.91. The number of benzene rings is 2. The highest BCUT2D eigenvalue weighted by molar-refractivity contribution is 5.96. The molecule has 1 N–H and O–H groups in total. The molecule has 2 aromatic rings. The summed E-state index contributed by atoms with van der Waals surface area (Å²) in [5, 5.41) is 2.97. The van der Waals surface area contributed by atoms with E-state index in [1.54, 1.807) is 0 Å². The van der Waals surface area contributed by atoms with Gasteiger partial charge < -0.3 is 10.1 Å². The molecule has 0 saturated carbocycles. The van der Waals surface area contributed by atoms with E-state index < -0.39 is 0 Å². The van der Waals surface area contributed by atoms with Crippen molar-refractivity contribution in [3.63, 3.8) is 0 Å². The van der Waals surface area contributed by atoms with E-state index in [4.69, 9.17) is 4.74 Å². The average molecular weight is 283 g/mol. The van der Waals surface area contributed by atoms with E-state index >= 15 is 0 Å². The van der Waals surface area contributed by atoms with Crippen molar-refractivity contribution >= 4 is 5.91 Å². The van der Waals surface area contributed by atoms with Crippen molar-refractivity contribution in [2.75, 3.05) is 6.61 Å². The van der Waals surface area contributed by atoms with Crippen LogP contribution in [0.15, 0.2) is 48.5 Å². The van der Waals surface area contributed by atoms with Gasteiger partial charge in [0, 0.05) is 5.56 Å². The van der Waals surface area contributed by atoms with Gasteiger partial charge in [-0.3, -0.25) is 4.79 Å². The Morgan fingerprint density at radius 1 is 1.14 bits per heavy atom. The van der Waals surface area contributed by atoms with E-state index in [1.807, 2.05) is 69.3 Å². The highest BCUT2D eigenvalue weighted by Gasteiger charge is 2.12. The van der Waals surface area contributed by atoms with Crippen molar-refractivity contribution < 1.29 is 9.53 Å². The van der Waals surface area contributed by atoms with Gasteiger partial charge in [-0.1, -0.05) is 35.9 Å². The van der Waals surface area contributed by atoms with Gasteiger partial charge >= 0.3 is 0 Å². The molecule has 21 heavy (non-hydrogen) atoms. The molecule has 0 aliphatic heterocycles. The molecule has 3 heteroatoms. The quantitative estimate of drug-likeness (QED) is 0.912. The molecule has 0 unspecified atom stereocenters. The highest BCUT2D eigenvalue weighted by atomic mass is 16.5. The zero-order chi connectivity index (χ0) is 15.2. The maximum Gasteiger partial charge on any atom is 0.251 e. The number of hydrogen-bond donors (Lipinski definition) is 1. The monoisotopic (exact) mass is 283 g/mol. The Bertz CT molecular complexity index is 608. The molecular formula is C18H21NO2. The fourth-order valence-electron chi connectivity index (χ4n) is 2.06. The molecular weight excluding hydrogens is 262 g/mol. The summed E-state index contributed by atoms with van der Waals surface area (Å²) in [4.78, 5) is 12.3. The second-order valence-corrected chi connectivity index (χ2v) is 5.32.